The van der Waals surface area contributed by atoms with Gasteiger partial charge in [-0.1, -0.05) is 36.4 Å². The maximum atomic E-state index is 13.5. The molecule has 3 atom stereocenters. The zero-order chi connectivity index (χ0) is 22.4. The number of benzene rings is 3. The number of hydrogen-bond donors (Lipinski definition) is 1. The lowest BCUT2D eigenvalue weighted by atomic mass is 9.88. The van der Waals surface area contributed by atoms with E-state index in [9.17, 15) is 23.9 Å². The summed E-state index contributed by atoms with van der Waals surface area (Å²) in [4.78, 5) is 45.6. The van der Waals surface area contributed by atoms with Crippen LogP contribution in [0.25, 0.3) is 0 Å². The third kappa shape index (κ3) is 3.04. The minimum Gasteiger partial charge on any atom is -0.478 e. The van der Waals surface area contributed by atoms with Gasteiger partial charge in [-0.15, -0.1) is 0 Å². The molecule has 2 amide bonds. The zero-order valence-electron chi connectivity index (χ0n) is 16.6. The quantitative estimate of drug-likeness (QED) is 0.635. The Hall–Kier alpha value is -4.04. The van der Waals surface area contributed by atoms with Crippen LogP contribution in [0.2, 0.25) is 0 Å². The number of nitrogens with zero attached hydrogens (tertiary/aromatic N) is 2. The van der Waals surface area contributed by atoms with Crippen molar-refractivity contribution in [2.75, 3.05) is 9.96 Å². The number of imide groups is 1. The summed E-state index contributed by atoms with van der Waals surface area (Å²) in [5, 5.41) is 11.2. The topological polar surface area (TPSA) is 87.2 Å². The highest BCUT2D eigenvalue weighted by molar-refractivity contribution is 6.24. The van der Waals surface area contributed by atoms with Crippen molar-refractivity contribution in [2.45, 2.75) is 12.1 Å². The minimum atomic E-state index is -1.15. The Kier molecular flexibility index (Phi) is 4.71. The van der Waals surface area contributed by atoms with Gasteiger partial charge in [-0.25, -0.2) is 19.1 Å². The van der Waals surface area contributed by atoms with Crippen LogP contribution in [0.3, 0.4) is 0 Å². The van der Waals surface area contributed by atoms with Gasteiger partial charge in [0.05, 0.1) is 23.0 Å². The molecule has 2 fully saturated rings. The Morgan fingerprint density at radius 2 is 1.50 bits per heavy atom. The summed E-state index contributed by atoms with van der Waals surface area (Å²) in [7, 11) is 0. The highest BCUT2D eigenvalue weighted by atomic mass is 19.1. The van der Waals surface area contributed by atoms with Crippen molar-refractivity contribution in [1.82, 2.24) is 0 Å². The number of carbonyl (C=O) groups excluding carboxylic acids is 2. The van der Waals surface area contributed by atoms with Gasteiger partial charge in [-0.3, -0.25) is 14.4 Å². The molecule has 2 heterocycles. The molecule has 8 heteroatoms. The predicted octanol–water partition coefficient (Wildman–Crippen LogP) is 3.58. The molecule has 3 aromatic carbocycles. The second-order valence-electron chi connectivity index (χ2n) is 7.54. The first-order chi connectivity index (χ1) is 15.5. The highest BCUT2D eigenvalue weighted by Crippen LogP contribution is 2.48. The van der Waals surface area contributed by atoms with Crippen LogP contribution in [-0.4, -0.2) is 29.0 Å². The molecule has 7 nitrogen and oxygen atoms in total. The number of hydroxylamine groups is 1. The van der Waals surface area contributed by atoms with Crippen LogP contribution in [0.5, 0.6) is 0 Å². The van der Waals surface area contributed by atoms with Crippen LogP contribution < -0.4 is 9.96 Å². The molecule has 2 aliphatic heterocycles. The number of carbonyl (C=O) groups is 3. The fraction of sp³-hybridized carbons (Fsp3) is 0.125. The van der Waals surface area contributed by atoms with E-state index in [2.05, 4.69) is 0 Å². The summed E-state index contributed by atoms with van der Waals surface area (Å²) in [5.74, 6) is -3.73. The summed E-state index contributed by atoms with van der Waals surface area (Å²) in [5.41, 5.74) is 1.19. The Morgan fingerprint density at radius 3 is 2.19 bits per heavy atom. The molecule has 0 spiro atoms. The smallest absolute Gasteiger partial charge is 0.336 e. The van der Waals surface area contributed by atoms with E-state index < -0.39 is 41.7 Å². The summed E-state index contributed by atoms with van der Waals surface area (Å²) in [6, 6.07) is 19.4. The number of carboxylic acids is 1. The maximum Gasteiger partial charge on any atom is 0.336 e. The third-order valence-corrected chi connectivity index (χ3v) is 5.72. The van der Waals surface area contributed by atoms with Gasteiger partial charge >= 0.3 is 5.97 Å². The molecule has 160 valence electrons. The first-order valence-electron chi connectivity index (χ1n) is 9.94. The van der Waals surface area contributed by atoms with E-state index in [4.69, 9.17) is 4.84 Å². The summed E-state index contributed by atoms with van der Waals surface area (Å²) >= 11 is 0. The number of anilines is 2. The van der Waals surface area contributed by atoms with E-state index in [0.29, 0.717) is 11.3 Å². The van der Waals surface area contributed by atoms with Crippen LogP contribution in [0.15, 0.2) is 78.9 Å². The zero-order valence-corrected chi connectivity index (χ0v) is 16.6. The molecule has 0 radical (unpaired) electrons. The van der Waals surface area contributed by atoms with Gasteiger partial charge in [0.2, 0.25) is 5.91 Å². The van der Waals surface area contributed by atoms with E-state index in [1.807, 2.05) is 6.07 Å². The summed E-state index contributed by atoms with van der Waals surface area (Å²) in [6.45, 7) is 0. The molecule has 0 aromatic heterocycles. The Labute approximate surface area is 182 Å². The van der Waals surface area contributed by atoms with Crippen LogP contribution >= 0.6 is 0 Å². The van der Waals surface area contributed by atoms with Gasteiger partial charge in [0.25, 0.3) is 5.91 Å². The number of amides is 2. The van der Waals surface area contributed by atoms with Gasteiger partial charge in [0.1, 0.15) is 11.7 Å². The molecule has 0 aliphatic carbocycles. The second-order valence-corrected chi connectivity index (χ2v) is 7.54. The summed E-state index contributed by atoms with van der Waals surface area (Å²) in [6.07, 6.45) is -1.14. The molecule has 2 aliphatic rings. The standard InChI is InChI=1S/C24H17FN2O5/c25-14-10-12-15(13-11-14)26-22(28)19-20(17-8-4-5-9-18(17)24(30)31)27(32-21(19)23(26)29)16-6-2-1-3-7-16/h1-13,19-21H,(H,30,31)/t19-,20-,21-/m0/s1. The largest absolute Gasteiger partial charge is 0.478 e. The van der Waals surface area contributed by atoms with Gasteiger partial charge in [-0.05, 0) is 48.0 Å². The van der Waals surface area contributed by atoms with E-state index in [0.717, 1.165) is 4.90 Å². The van der Waals surface area contributed by atoms with Crippen molar-refractivity contribution < 1.29 is 28.7 Å². The van der Waals surface area contributed by atoms with Gasteiger partial charge in [-0.2, -0.15) is 0 Å². The van der Waals surface area contributed by atoms with E-state index in [1.54, 1.807) is 42.5 Å². The van der Waals surface area contributed by atoms with E-state index in [-0.39, 0.29) is 11.3 Å². The van der Waals surface area contributed by atoms with Gasteiger partial charge < -0.3 is 5.11 Å². The second kappa shape index (κ2) is 7.58. The number of para-hydroxylation sites is 1. The normalized spacial score (nSPS) is 22.3. The molecule has 3 aromatic rings. The molecule has 0 unspecified atom stereocenters. The fourth-order valence-corrected chi connectivity index (χ4v) is 4.32. The Bertz CT molecular complexity index is 1210. The SMILES string of the molecule is O=C(O)c1ccccc1[C@H]1[C@@H]2C(=O)N(c3ccc(F)cc3)C(=O)[C@H]2ON1c1ccccc1. The van der Waals surface area contributed by atoms with E-state index >= 15 is 0 Å². The average Bonchev–Trinajstić information content (AvgIpc) is 3.31. The maximum absolute atomic E-state index is 13.5. The molecular weight excluding hydrogens is 415 g/mol. The number of fused-ring (bicyclic) bond motifs is 1. The monoisotopic (exact) mass is 432 g/mol. The molecule has 5 rings (SSSR count). The molecule has 32 heavy (non-hydrogen) atoms. The van der Waals surface area contributed by atoms with Crippen molar-refractivity contribution in [2.24, 2.45) is 5.92 Å². The number of halogens is 1. The predicted molar refractivity (Wildman–Crippen MR) is 112 cm³/mol. The molecule has 0 bridgehead atoms. The first-order valence-corrected chi connectivity index (χ1v) is 9.94. The van der Waals surface area contributed by atoms with Crippen LogP contribution in [0, 0.1) is 11.7 Å². The highest BCUT2D eigenvalue weighted by Gasteiger charge is 2.60. The summed E-state index contributed by atoms with van der Waals surface area (Å²) < 4.78 is 13.4. The molecule has 2 saturated heterocycles. The van der Waals surface area contributed by atoms with Gasteiger partial charge in [0, 0.05) is 0 Å². The lowest BCUT2D eigenvalue weighted by Gasteiger charge is -2.29. The van der Waals surface area contributed by atoms with Crippen molar-refractivity contribution in [3.8, 4) is 0 Å². The van der Waals surface area contributed by atoms with Gasteiger partial charge in [0.15, 0.2) is 6.10 Å². The average molecular weight is 432 g/mol. The number of rotatable bonds is 4. The lowest BCUT2D eigenvalue weighted by Crippen LogP contribution is -2.37. The Balaban J connectivity index is 1.63. The van der Waals surface area contributed by atoms with Crippen molar-refractivity contribution in [3.63, 3.8) is 0 Å². The third-order valence-electron chi connectivity index (χ3n) is 5.72. The first kappa shape index (κ1) is 19.9. The van der Waals surface area contributed by atoms with Crippen molar-refractivity contribution in [1.29, 1.82) is 0 Å². The van der Waals surface area contributed by atoms with Crippen molar-refractivity contribution in [3.05, 3.63) is 95.8 Å². The number of hydrogen-bond acceptors (Lipinski definition) is 5. The van der Waals surface area contributed by atoms with E-state index in [1.165, 1.54) is 35.4 Å². The Morgan fingerprint density at radius 1 is 0.844 bits per heavy atom. The number of carboxylic acid groups (broad SMARTS) is 1. The molecular formula is C24H17FN2O5. The van der Waals surface area contributed by atoms with Crippen LogP contribution in [-0.2, 0) is 14.4 Å². The number of aromatic carboxylic acids is 1. The fourth-order valence-electron chi connectivity index (χ4n) is 4.32. The molecule has 0 saturated carbocycles. The van der Waals surface area contributed by atoms with Crippen LogP contribution in [0.1, 0.15) is 22.0 Å². The lowest BCUT2D eigenvalue weighted by molar-refractivity contribution is -0.126. The minimum absolute atomic E-state index is 0.0168. The van der Waals surface area contributed by atoms with Crippen molar-refractivity contribution >= 4 is 29.2 Å². The van der Waals surface area contributed by atoms with Crippen LogP contribution in [0.4, 0.5) is 15.8 Å². The molecule has 1 N–H and O–H groups in total.